The van der Waals surface area contributed by atoms with Gasteiger partial charge in [-0.2, -0.15) is 4.07 Å². The van der Waals surface area contributed by atoms with Gasteiger partial charge < -0.3 is 0 Å². The number of rotatable bonds is 3. The lowest BCUT2D eigenvalue weighted by molar-refractivity contribution is 0.683. The average molecular weight is 270 g/mol. The minimum Gasteiger partial charge on any atom is -0.299 e. The van der Waals surface area contributed by atoms with Gasteiger partial charge in [0.15, 0.2) is 0 Å². The smallest absolute Gasteiger partial charge is 0.287 e. The normalized spacial score (nSPS) is 10.8. The van der Waals surface area contributed by atoms with E-state index in [1.54, 1.807) is 4.07 Å². The van der Waals surface area contributed by atoms with E-state index in [1.807, 2.05) is 54.5 Å². The predicted octanol–water partition coefficient (Wildman–Crippen LogP) is 2.83. The summed E-state index contributed by atoms with van der Waals surface area (Å²) >= 11 is 1.48. The van der Waals surface area contributed by atoms with Gasteiger partial charge in [-0.1, -0.05) is 42.5 Å². The van der Waals surface area contributed by atoms with Crippen LogP contribution in [-0.4, -0.2) is 11.1 Å². The van der Waals surface area contributed by atoms with Crippen LogP contribution in [0.5, 0.6) is 0 Å². The van der Waals surface area contributed by atoms with E-state index in [-0.39, 0.29) is 5.56 Å². The highest BCUT2D eigenvalue weighted by molar-refractivity contribution is 7.13. The summed E-state index contributed by atoms with van der Waals surface area (Å²) in [5.41, 5.74) is 1.24. The summed E-state index contributed by atoms with van der Waals surface area (Å²) in [5.74, 6) is 0. The summed E-state index contributed by atoms with van der Waals surface area (Å²) in [6.45, 7) is 0.716. The number of nitrogens with zero attached hydrogens (tertiary/aromatic N) is 2. The molecule has 1 aromatic heterocycles. The molecule has 0 amide bonds. The number of fused-ring (bicyclic) bond motifs is 1. The second-order valence-corrected chi connectivity index (χ2v) is 5.44. The van der Waals surface area contributed by atoms with Crippen LogP contribution >= 0.6 is 11.5 Å². The van der Waals surface area contributed by atoms with Crippen LogP contribution in [0.1, 0.15) is 5.56 Å². The molecule has 3 nitrogen and oxygen atoms in total. The van der Waals surface area contributed by atoms with E-state index in [9.17, 15) is 4.79 Å². The Kier molecular flexibility index (Phi) is 3.09. The van der Waals surface area contributed by atoms with E-state index in [0.717, 1.165) is 10.1 Å². The fourth-order valence-electron chi connectivity index (χ4n) is 2.10. The lowest BCUT2D eigenvalue weighted by Gasteiger charge is -2.18. The number of benzene rings is 2. The van der Waals surface area contributed by atoms with E-state index in [1.165, 1.54) is 17.1 Å². The molecule has 0 spiro atoms. The maximum Gasteiger partial charge on any atom is 0.287 e. The second kappa shape index (κ2) is 4.90. The molecule has 2 aromatic carbocycles. The SMILES string of the molecule is CN(Cc1ccccc1)n1sc2ccccc2c1=O. The number of hydrogen-bond acceptors (Lipinski definition) is 3. The lowest BCUT2D eigenvalue weighted by Crippen LogP contribution is -2.34. The van der Waals surface area contributed by atoms with Crippen LogP contribution in [0.4, 0.5) is 0 Å². The quantitative estimate of drug-likeness (QED) is 0.731. The molecule has 0 bridgehead atoms. The summed E-state index contributed by atoms with van der Waals surface area (Å²) in [4.78, 5) is 12.3. The van der Waals surface area contributed by atoms with Crippen molar-refractivity contribution >= 4 is 21.6 Å². The number of aromatic nitrogens is 1. The molecule has 96 valence electrons. The Bertz CT molecular complexity index is 745. The highest BCUT2D eigenvalue weighted by atomic mass is 32.1. The molecule has 0 aliphatic heterocycles. The van der Waals surface area contributed by atoms with Gasteiger partial charge in [-0.3, -0.25) is 9.80 Å². The van der Waals surface area contributed by atoms with Crippen molar-refractivity contribution in [1.29, 1.82) is 0 Å². The van der Waals surface area contributed by atoms with E-state index in [4.69, 9.17) is 0 Å². The molecular weight excluding hydrogens is 256 g/mol. The molecule has 0 radical (unpaired) electrons. The van der Waals surface area contributed by atoms with Crippen molar-refractivity contribution in [3.8, 4) is 0 Å². The maximum absolute atomic E-state index is 12.3. The summed E-state index contributed by atoms with van der Waals surface area (Å²) in [7, 11) is 1.93. The Balaban J connectivity index is 1.96. The average Bonchev–Trinajstić information content (AvgIpc) is 2.78. The third-order valence-electron chi connectivity index (χ3n) is 3.04. The molecular formula is C15H14N2OS. The minimum atomic E-state index is 0.0547. The van der Waals surface area contributed by atoms with Crippen LogP contribution in [0.2, 0.25) is 0 Å². The van der Waals surface area contributed by atoms with Crippen LogP contribution in [0.25, 0.3) is 10.1 Å². The summed E-state index contributed by atoms with van der Waals surface area (Å²) in [5, 5.41) is 2.73. The molecule has 0 fully saturated rings. The molecule has 4 heteroatoms. The first-order valence-electron chi connectivity index (χ1n) is 6.12. The highest BCUT2D eigenvalue weighted by Gasteiger charge is 2.10. The van der Waals surface area contributed by atoms with Gasteiger partial charge in [0.1, 0.15) is 0 Å². The molecule has 0 aliphatic carbocycles. The fraction of sp³-hybridized carbons (Fsp3) is 0.133. The van der Waals surface area contributed by atoms with Gasteiger partial charge in [-0.15, -0.1) is 0 Å². The zero-order valence-electron chi connectivity index (χ0n) is 10.6. The van der Waals surface area contributed by atoms with Crippen LogP contribution in [0, 0.1) is 0 Å². The fourth-order valence-corrected chi connectivity index (χ4v) is 3.06. The monoisotopic (exact) mass is 270 g/mol. The van der Waals surface area contributed by atoms with Crippen molar-refractivity contribution in [2.75, 3.05) is 12.1 Å². The largest absolute Gasteiger partial charge is 0.299 e. The standard InChI is InChI=1S/C15H14N2OS/c1-16(11-12-7-3-2-4-8-12)17-15(18)13-9-5-6-10-14(13)19-17/h2-10H,11H2,1H3. The van der Waals surface area contributed by atoms with Crippen molar-refractivity contribution in [3.05, 3.63) is 70.5 Å². The van der Waals surface area contributed by atoms with Crippen LogP contribution in [-0.2, 0) is 6.54 Å². The molecule has 0 aliphatic rings. The molecule has 0 unspecified atom stereocenters. The van der Waals surface area contributed by atoms with Gasteiger partial charge in [0, 0.05) is 7.05 Å². The third-order valence-corrected chi connectivity index (χ3v) is 4.21. The van der Waals surface area contributed by atoms with Crippen molar-refractivity contribution in [3.63, 3.8) is 0 Å². The van der Waals surface area contributed by atoms with Crippen molar-refractivity contribution < 1.29 is 0 Å². The van der Waals surface area contributed by atoms with E-state index < -0.39 is 0 Å². The minimum absolute atomic E-state index is 0.0547. The molecule has 3 rings (SSSR count). The zero-order chi connectivity index (χ0) is 13.2. The van der Waals surface area contributed by atoms with Crippen LogP contribution < -0.4 is 10.6 Å². The Morgan fingerprint density at radius 1 is 1.05 bits per heavy atom. The molecule has 0 saturated heterocycles. The van der Waals surface area contributed by atoms with Gasteiger partial charge in [-0.25, -0.2) is 0 Å². The van der Waals surface area contributed by atoms with Gasteiger partial charge in [0.25, 0.3) is 5.56 Å². The van der Waals surface area contributed by atoms with Gasteiger partial charge in [0.05, 0.1) is 16.6 Å². The second-order valence-electron chi connectivity index (χ2n) is 4.47. The predicted molar refractivity (Wildman–Crippen MR) is 80.4 cm³/mol. The van der Waals surface area contributed by atoms with Gasteiger partial charge in [-0.05, 0) is 29.2 Å². The lowest BCUT2D eigenvalue weighted by atomic mass is 10.2. The number of hydrogen-bond donors (Lipinski definition) is 0. The summed E-state index contributed by atoms with van der Waals surface area (Å²) in [6.07, 6.45) is 0. The summed E-state index contributed by atoms with van der Waals surface area (Å²) < 4.78 is 2.74. The van der Waals surface area contributed by atoms with Gasteiger partial charge >= 0.3 is 0 Å². The molecule has 19 heavy (non-hydrogen) atoms. The molecule has 0 N–H and O–H groups in total. The van der Waals surface area contributed by atoms with Crippen molar-refractivity contribution in [2.24, 2.45) is 0 Å². The first kappa shape index (κ1) is 12.0. The molecule has 0 saturated carbocycles. The van der Waals surface area contributed by atoms with Crippen LogP contribution in [0.15, 0.2) is 59.4 Å². The topological polar surface area (TPSA) is 25.2 Å². The molecule has 1 heterocycles. The Morgan fingerprint density at radius 3 is 2.47 bits per heavy atom. The van der Waals surface area contributed by atoms with E-state index in [0.29, 0.717) is 6.54 Å². The zero-order valence-corrected chi connectivity index (χ0v) is 11.4. The highest BCUT2D eigenvalue weighted by Crippen LogP contribution is 2.16. The Morgan fingerprint density at radius 2 is 1.74 bits per heavy atom. The van der Waals surface area contributed by atoms with Gasteiger partial charge in [0.2, 0.25) is 0 Å². The van der Waals surface area contributed by atoms with Crippen LogP contribution in [0.3, 0.4) is 0 Å². The first-order valence-corrected chi connectivity index (χ1v) is 6.89. The Hall–Kier alpha value is -2.07. The molecule has 3 aromatic rings. The van der Waals surface area contributed by atoms with Crippen molar-refractivity contribution in [2.45, 2.75) is 6.54 Å². The third kappa shape index (κ3) is 2.27. The van der Waals surface area contributed by atoms with E-state index >= 15 is 0 Å². The molecule has 0 atom stereocenters. The first-order chi connectivity index (χ1) is 9.25. The van der Waals surface area contributed by atoms with Crippen molar-refractivity contribution in [1.82, 2.24) is 4.07 Å². The van der Waals surface area contributed by atoms with E-state index in [2.05, 4.69) is 12.1 Å². The maximum atomic E-state index is 12.3. The summed E-state index contributed by atoms with van der Waals surface area (Å²) in [6, 6.07) is 17.9. The Labute approximate surface area is 115 Å².